The van der Waals surface area contributed by atoms with Gasteiger partial charge in [0.2, 0.25) is 0 Å². The van der Waals surface area contributed by atoms with Crippen LogP contribution in [-0.2, 0) is 5.41 Å². The quantitative estimate of drug-likeness (QED) is 0.184. The Bertz CT molecular complexity index is 2730. The van der Waals surface area contributed by atoms with Gasteiger partial charge in [0.1, 0.15) is 12.0 Å². The van der Waals surface area contributed by atoms with Gasteiger partial charge >= 0.3 is 0 Å². The van der Waals surface area contributed by atoms with Gasteiger partial charge in [-0.1, -0.05) is 172 Å². The monoisotopic (exact) mass is 705 g/mol. The molecule has 8 aromatic carbocycles. The molecule has 55 heavy (non-hydrogen) atoms. The van der Waals surface area contributed by atoms with Crippen molar-refractivity contribution in [2.24, 2.45) is 9.98 Å². The van der Waals surface area contributed by atoms with Crippen LogP contribution in [0.3, 0.4) is 0 Å². The highest BCUT2D eigenvalue weighted by molar-refractivity contribution is 6.14. The number of hydrogen-bond donors (Lipinski definition) is 1. The van der Waals surface area contributed by atoms with Gasteiger partial charge in [0.15, 0.2) is 5.84 Å². The van der Waals surface area contributed by atoms with E-state index in [4.69, 9.17) is 9.98 Å². The van der Waals surface area contributed by atoms with Crippen LogP contribution in [0.25, 0.3) is 55.3 Å². The van der Waals surface area contributed by atoms with Crippen molar-refractivity contribution < 1.29 is 0 Å². The van der Waals surface area contributed by atoms with E-state index in [1.165, 1.54) is 66.4 Å². The molecule has 1 unspecified atom stereocenters. The smallest absolute Gasteiger partial charge is 0.159 e. The van der Waals surface area contributed by atoms with Gasteiger partial charge in [-0.3, -0.25) is 0 Å². The molecule has 3 nitrogen and oxygen atoms in total. The number of hydrogen-bond acceptors (Lipinski definition) is 3. The third-order valence-electron chi connectivity index (χ3n) is 11.3. The molecular formula is C52H39N3. The van der Waals surface area contributed by atoms with E-state index in [0.29, 0.717) is 0 Å². The van der Waals surface area contributed by atoms with Crippen molar-refractivity contribution in [2.45, 2.75) is 25.4 Å². The molecule has 1 atom stereocenters. The molecule has 1 aliphatic heterocycles. The fourth-order valence-corrected chi connectivity index (χ4v) is 8.48. The first kappa shape index (κ1) is 32.8. The molecule has 0 saturated carbocycles. The lowest BCUT2D eigenvalue weighted by molar-refractivity contribution is 0.660. The minimum Gasteiger partial charge on any atom is -0.344 e. The molecule has 10 rings (SSSR count). The first-order chi connectivity index (χ1) is 27.0. The van der Waals surface area contributed by atoms with Crippen LogP contribution >= 0.6 is 0 Å². The first-order valence-corrected chi connectivity index (χ1v) is 19.0. The normalized spacial score (nSPS) is 15.4. The zero-order valence-corrected chi connectivity index (χ0v) is 30.9. The van der Waals surface area contributed by atoms with Crippen LogP contribution in [0.15, 0.2) is 198 Å². The van der Waals surface area contributed by atoms with E-state index in [0.717, 1.165) is 28.4 Å². The predicted molar refractivity (Wildman–Crippen MR) is 230 cm³/mol. The van der Waals surface area contributed by atoms with Gasteiger partial charge in [-0.15, -0.1) is 0 Å². The van der Waals surface area contributed by atoms with E-state index in [-0.39, 0.29) is 11.6 Å². The molecule has 0 aromatic heterocycles. The summed E-state index contributed by atoms with van der Waals surface area (Å²) >= 11 is 0. The third kappa shape index (κ3) is 5.77. The van der Waals surface area contributed by atoms with Crippen LogP contribution in [0.5, 0.6) is 0 Å². The second-order valence-corrected chi connectivity index (χ2v) is 15.0. The van der Waals surface area contributed by atoms with E-state index < -0.39 is 0 Å². The fraction of sp³-hybridized carbons (Fsp3) is 0.0769. The second-order valence-electron chi connectivity index (χ2n) is 15.0. The average molecular weight is 706 g/mol. The summed E-state index contributed by atoms with van der Waals surface area (Å²) in [4.78, 5) is 10.4. The Balaban J connectivity index is 1.18. The zero-order valence-electron chi connectivity index (χ0n) is 30.9. The number of aliphatic imine (C=N–C) groups is 2. The van der Waals surface area contributed by atoms with Gasteiger partial charge in [0.25, 0.3) is 0 Å². The largest absolute Gasteiger partial charge is 0.344 e. The van der Waals surface area contributed by atoms with Gasteiger partial charge in [0, 0.05) is 16.5 Å². The molecule has 8 aromatic rings. The van der Waals surface area contributed by atoms with Crippen LogP contribution in [0.1, 0.15) is 47.8 Å². The number of benzene rings is 8. The Hall–Kier alpha value is -6.84. The van der Waals surface area contributed by atoms with E-state index in [9.17, 15) is 0 Å². The van der Waals surface area contributed by atoms with Gasteiger partial charge in [-0.25, -0.2) is 9.98 Å². The minimum absolute atomic E-state index is 0.255. The van der Waals surface area contributed by atoms with Crippen molar-refractivity contribution >= 4 is 22.4 Å². The molecule has 0 saturated heterocycles. The lowest BCUT2D eigenvalue weighted by atomic mass is 9.80. The Morgan fingerprint density at radius 2 is 1.02 bits per heavy atom. The number of nitrogens with one attached hydrogen (secondary N) is 1. The zero-order chi connectivity index (χ0) is 36.9. The van der Waals surface area contributed by atoms with Crippen LogP contribution in [-0.4, -0.2) is 11.7 Å². The summed E-state index contributed by atoms with van der Waals surface area (Å²) in [5, 5.41) is 6.11. The van der Waals surface area contributed by atoms with Crippen molar-refractivity contribution in [2.75, 3.05) is 0 Å². The van der Waals surface area contributed by atoms with E-state index in [1.807, 2.05) is 12.1 Å². The predicted octanol–water partition coefficient (Wildman–Crippen LogP) is 12.6. The molecule has 1 N–H and O–H groups in total. The van der Waals surface area contributed by atoms with Crippen molar-refractivity contribution in [3.8, 4) is 44.5 Å². The summed E-state index contributed by atoms with van der Waals surface area (Å²) in [7, 11) is 0. The Morgan fingerprint density at radius 1 is 0.455 bits per heavy atom. The summed E-state index contributed by atoms with van der Waals surface area (Å²) in [6, 6.07) is 67.5. The van der Waals surface area contributed by atoms with Crippen molar-refractivity contribution in [1.82, 2.24) is 5.32 Å². The van der Waals surface area contributed by atoms with Gasteiger partial charge in [-0.05, 0) is 102 Å². The molecule has 2 aliphatic rings. The fourth-order valence-electron chi connectivity index (χ4n) is 8.48. The van der Waals surface area contributed by atoms with Gasteiger partial charge in [-0.2, -0.15) is 0 Å². The molecule has 262 valence electrons. The Labute approximate surface area is 322 Å². The maximum atomic E-state index is 5.23. The summed E-state index contributed by atoms with van der Waals surface area (Å²) in [5.41, 5.74) is 15.4. The second kappa shape index (κ2) is 13.2. The van der Waals surface area contributed by atoms with E-state index in [2.05, 4.69) is 195 Å². The highest BCUT2D eigenvalue weighted by Crippen LogP contribution is 2.55. The van der Waals surface area contributed by atoms with Crippen LogP contribution in [0.2, 0.25) is 0 Å². The lowest BCUT2D eigenvalue weighted by Gasteiger charge is -2.25. The molecule has 1 heterocycles. The summed E-state index contributed by atoms with van der Waals surface area (Å²) in [6.45, 7) is 4.73. The SMILES string of the molecule is CC1(C)c2cc(C3=NC(c4ccccc4)NC(c4ccccc4)=N3)ccc2-c2c1cc1ccccc1c2-c1cc(-c2ccccc2)cc(-c2ccccc2)c1. The van der Waals surface area contributed by atoms with E-state index >= 15 is 0 Å². The summed E-state index contributed by atoms with van der Waals surface area (Å²) in [5.74, 6) is 1.55. The maximum Gasteiger partial charge on any atom is 0.159 e. The molecular weight excluding hydrogens is 667 g/mol. The molecule has 0 spiro atoms. The van der Waals surface area contributed by atoms with E-state index in [1.54, 1.807) is 0 Å². The standard InChI is InChI=1S/C52H39N3/c1-52(2)45-33-39(51-54-49(36-21-11-5-12-22-36)53-50(55-51)37-23-13-6-14-24-37)27-28-44(45)48-46(52)32-38-25-15-16-26-43(38)47(48)42-30-40(34-17-7-3-8-18-34)29-41(31-42)35-19-9-4-10-20-35/h3-33,49H,1-2H3,(H,53,54,55). The average Bonchev–Trinajstić information content (AvgIpc) is 3.48. The molecule has 1 aliphatic carbocycles. The summed E-state index contributed by atoms with van der Waals surface area (Å²) < 4.78 is 0. The Kier molecular flexibility index (Phi) is 7.88. The minimum atomic E-state index is -0.267. The van der Waals surface area contributed by atoms with Crippen LogP contribution < -0.4 is 5.32 Å². The van der Waals surface area contributed by atoms with Gasteiger partial charge in [0.05, 0.1) is 0 Å². The van der Waals surface area contributed by atoms with Crippen molar-refractivity contribution in [3.05, 3.63) is 216 Å². The summed E-state index contributed by atoms with van der Waals surface area (Å²) in [6.07, 6.45) is -0.255. The van der Waals surface area contributed by atoms with Gasteiger partial charge < -0.3 is 5.32 Å². The van der Waals surface area contributed by atoms with Crippen LogP contribution in [0, 0.1) is 0 Å². The molecule has 0 fully saturated rings. The highest BCUT2D eigenvalue weighted by atomic mass is 15.2. The topological polar surface area (TPSA) is 36.8 Å². The van der Waals surface area contributed by atoms with Crippen molar-refractivity contribution in [1.29, 1.82) is 0 Å². The number of fused-ring (bicyclic) bond motifs is 4. The molecule has 3 heteroatoms. The number of rotatable bonds is 6. The van der Waals surface area contributed by atoms with Crippen LogP contribution in [0.4, 0.5) is 0 Å². The number of amidine groups is 2. The highest BCUT2D eigenvalue weighted by Gasteiger charge is 2.38. The molecule has 0 amide bonds. The maximum absolute atomic E-state index is 5.23. The molecule has 0 bridgehead atoms. The number of nitrogens with zero attached hydrogens (tertiary/aromatic N) is 2. The van der Waals surface area contributed by atoms with Crippen molar-refractivity contribution in [3.63, 3.8) is 0 Å². The third-order valence-corrected chi connectivity index (χ3v) is 11.3. The first-order valence-electron chi connectivity index (χ1n) is 19.0. The molecule has 0 radical (unpaired) electrons. The Morgan fingerprint density at radius 3 is 1.67 bits per heavy atom. The lowest BCUT2D eigenvalue weighted by Crippen LogP contribution is -2.33.